The summed E-state index contributed by atoms with van der Waals surface area (Å²) in [6.45, 7) is 2.71. The number of allylic oxidation sites excluding steroid dienone is 1. The molecule has 0 amide bonds. The first-order chi connectivity index (χ1) is 20.9. The highest BCUT2D eigenvalue weighted by molar-refractivity contribution is 14.1. The first kappa shape index (κ1) is 31.2. The summed E-state index contributed by atoms with van der Waals surface area (Å²) in [5.74, 6) is -0.800. The maximum Gasteiger partial charge on any atom is 0.324 e. The zero-order chi connectivity index (χ0) is 30.3. The smallest absolute Gasteiger partial charge is 0.324 e. The number of carbonyl (C=O) groups excluding carboxylic acids is 2. The second-order valence-corrected chi connectivity index (χ2v) is 13.5. The number of halogens is 1. The Morgan fingerprint density at radius 2 is 1.72 bits per heavy atom. The Hall–Kier alpha value is -3.28. The maximum atomic E-state index is 13.8. The van der Waals surface area contributed by atoms with Gasteiger partial charge in [0.25, 0.3) is 0 Å². The van der Waals surface area contributed by atoms with E-state index in [0.717, 1.165) is 31.3 Å². The van der Waals surface area contributed by atoms with Gasteiger partial charge in [-0.25, -0.2) is 0 Å². The molecule has 43 heavy (non-hydrogen) atoms. The molecule has 1 N–H and O–H groups in total. The van der Waals surface area contributed by atoms with E-state index in [1.165, 1.54) is 7.11 Å². The molecule has 0 saturated carbocycles. The number of benzene rings is 3. The van der Waals surface area contributed by atoms with Gasteiger partial charge in [0.1, 0.15) is 17.9 Å². The average Bonchev–Trinajstić information content (AvgIpc) is 3.43. The van der Waals surface area contributed by atoms with Crippen LogP contribution < -0.4 is 0 Å². The van der Waals surface area contributed by atoms with Gasteiger partial charge in [-0.3, -0.25) is 18.7 Å². The van der Waals surface area contributed by atoms with E-state index in [0.29, 0.717) is 30.7 Å². The van der Waals surface area contributed by atoms with Gasteiger partial charge in [-0.2, -0.15) is 0 Å². The van der Waals surface area contributed by atoms with Crippen molar-refractivity contribution in [3.05, 3.63) is 111 Å². The highest BCUT2D eigenvalue weighted by Crippen LogP contribution is 2.41. The molecule has 9 heteroatoms. The standard InChI is InChI=1S/C34H35IN2O5S/c1-3-24(35)21-37-29(18-19-31(34(39)41-2)43(40)25-14-8-5-9-15-25)32-27(26-16-10-11-17-28(26)36-32)20-30(37)33(38)42-22-23-12-6-4-7-13-23/h3-17,29-31,36H,18-22H2,1-2H3/b24-3-/t29-,30+,31?,43?/m0/s1. The molecule has 2 unspecified atom stereocenters. The lowest BCUT2D eigenvalue weighted by molar-refractivity contribution is -0.153. The third-order valence-corrected chi connectivity index (χ3v) is 10.6. The molecule has 1 aliphatic rings. The van der Waals surface area contributed by atoms with Crippen molar-refractivity contribution in [1.82, 2.24) is 9.88 Å². The van der Waals surface area contributed by atoms with Crippen molar-refractivity contribution in [2.24, 2.45) is 0 Å². The normalized spacial score (nSPS) is 18.5. The van der Waals surface area contributed by atoms with Crippen molar-refractivity contribution in [1.29, 1.82) is 0 Å². The monoisotopic (exact) mass is 710 g/mol. The van der Waals surface area contributed by atoms with Crippen molar-refractivity contribution in [3.8, 4) is 0 Å². The SMILES string of the molecule is C/C=C(\I)CN1[C@@H](C(=O)OCc2ccccc2)Cc2c([nH]c3ccccc23)[C@@H]1CCC(C(=O)OC)S(=O)c1ccccc1. The van der Waals surface area contributed by atoms with Crippen LogP contribution in [0.2, 0.25) is 0 Å². The molecular weight excluding hydrogens is 675 g/mol. The Balaban J connectivity index is 1.51. The number of para-hydroxylation sites is 1. The molecule has 4 aromatic rings. The van der Waals surface area contributed by atoms with Crippen LogP contribution in [0.4, 0.5) is 0 Å². The second-order valence-electron chi connectivity index (χ2n) is 10.5. The van der Waals surface area contributed by atoms with E-state index in [1.807, 2.05) is 79.7 Å². The Morgan fingerprint density at radius 1 is 1.05 bits per heavy atom. The molecule has 3 aromatic carbocycles. The Morgan fingerprint density at radius 3 is 2.42 bits per heavy atom. The summed E-state index contributed by atoms with van der Waals surface area (Å²) in [4.78, 5) is 33.2. The minimum absolute atomic E-state index is 0.191. The molecule has 0 radical (unpaired) electrons. The van der Waals surface area contributed by atoms with E-state index in [1.54, 1.807) is 12.1 Å². The number of hydrogen-bond acceptors (Lipinski definition) is 6. The van der Waals surface area contributed by atoms with Crippen LogP contribution in [0.25, 0.3) is 10.9 Å². The van der Waals surface area contributed by atoms with Crippen LogP contribution in [0.15, 0.2) is 99.5 Å². The van der Waals surface area contributed by atoms with Crippen LogP contribution in [-0.4, -0.2) is 51.0 Å². The molecule has 0 bridgehead atoms. The van der Waals surface area contributed by atoms with Gasteiger partial charge >= 0.3 is 11.9 Å². The van der Waals surface area contributed by atoms with Gasteiger partial charge in [0.05, 0.1) is 24.0 Å². The number of ether oxygens (including phenoxy) is 2. The van der Waals surface area contributed by atoms with Gasteiger partial charge in [-0.05, 0) is 71.7 Å². The number of aromatic nitrogens is 1. The molecule has 0 spiro atoms. The van der Waals surface area contributed by atoms with Crippen LogP contribution in [0.3, 0.4) is 0 Å². The van der Waals surface area contributed by atoms with Gasteiger partial charge in [-0.15, -0.1) is 0 Å². The van der Waals surface area contributed by atoms with Crippen molar-refractivity contribution in [2.75, 3.05) is 13.7 Å². The molecule has 1 aliphatic heterocycles. The molecule has 4 atom stereocenters. The third-order valence-electron chi connectivity index (χ3n) is 7.92. The summed E-state index contributed by atoms with van der Waals surface area (Å²) in [6.07, 6.45) is 3.32. The zero-order valence-electron chi connectivity index (χ0n) is 24.2. The van der Waals surface area contributed by atoms with E-state index in [4.69, 9.17) is 9.47 Å². The predicted octanol–water partition coefficient (Wildman–Crippen LogP) is 6.65. The fraction of sp³-hybridized carbons (Fsp3) is 0.294. The molecule has 0 aliphatic carbocycles. The van der Waals surface area contributed by atoms with Crippen LogP contribution in [0.1, 0.15) is 42.6 Å². The molecule has 1 aromatic heterocycles. The first-order valence-corrected chi connectivity index (χ1v) is 16.6. The molecule has 5 rings (SSSR count). The Bertz CT molecular complexity index is 1620. The average molecular weight is 711 g/mol. The van der Waals surface area contributed by atoms with Gasteiger partial charge in [-0.1, -0.05) is 72.8 Å². The summed E-state index contributed by atoms with van der Waals surface area (Å²) >= 11 is 2.31. The fourth-order valence-corrected chi connectivity index (χ4v) is 7.50. The van der Waals surface area contributed by atoms with Gasteiger partial charge in [0, 0.05) is 38.0 Å². The zero-order valence-corrected chi connectivity index (χ0v) is 27.2. The van der Waals surface area contributed by atoms with Crippen LogP contribution in [-0.2, 0) is 42.9 Å². The second kappa shape index (κ2) is 14.5. The summed E-state index contributed by atoms with van der Waals surface area (Å²) < 4.78 is 25.7. The van der Waals surface area contributed by atoms with E-state index in [-0.39, 0.29) is 18.6 Å². The lowest BCUT2D eigenvalue weighted by atomic mass is 9.89. The number of nitrogens with one attached hydrogen (secondary N) is 1. The topological polar surface area (TPSA) is 88.7 Å². The Labute approximate surface area is 268 Å². The summed E-state index contributed by atoms with van der Waals surface area (Å²) in [7, 11) is -0.274. The quantitative estimate of drug-likeness (QED) is 0.139. The molecular formula is C34H35IN2O5S. The number of aromatic amines is 1. The van der Waals surface area contributed by atoms with Crippen molar-refractivity contribution in [3.63, 3.8) is 0 Å². The van der Waals surface area contributed by atoms with Crippen molar-refractivity contribution >= 4 is 56.2 Å². The minimum Gasteiger partial charge on any atom is -0.468 e. The van der Waals surface area contributed by atoms with Gasteiger partial charge in [0.15, 0.2) is 0 Å². The van der Waals surface area contributed by atoms with E-state index >= 15 is 0 Å². The van der Waals surface area contributed by atoms with Gasteiger partial charge in [0.2, 0.25) is 0 Å². The minimum atomic E-state index is -1.60. The number of H-pyrrole nitrogens is 1. The number of hydrogen-bond donors (Lipinski definition) is 1. The van der Waals surface area contributed by atoms with Crippen LogP contribution >= 0.6 is 22.6 Å². The van der Waals surface area contributed by atoms with Crippen LogP contribution in [0, 0.1) is 0 Å². The fourth-order valence-electron chi connectivity index (χ4n) is 5.73. The number of fused-ring (bicyclic) bond motifs is 3. The lowest BCUT2D eigenvalue weighted by Gasteiger charge is -2.41. The highest BCUT2D eigenvalue weighted by Gasteiger charge is 2.42. The molecule has 0 fully saturated rings. The molecule has 2 heterocycles. The largest absolute Gasteiger partial charge is 0.468 e. The lowest BCUT2D eigenvalue weighted by Crippen LogP contribution is -2.49. The van der Waals surface area contributed by atoms with Crippen LogP contribution in [0.5, 0.6) is 0 Å². The molecule has 224 valence electrons. The Kier molecular flexibility index (Phi) is 10.5. The number of rotatable bonds is 11. The summed E-state index contributed by atoms with van der Waals surface area (Å²) in [5.41, 5.74) is 4.01. The van der Waals surface area contributed by atoms with Gasteiger partial charge < -0.3 is 14.5 Å². The summed E-state index contributed by atoms with van der Waals surface area (Å²) in [6, 6.07) is 26.0. The van der Waals surface area contributed by atoms with E-state index in [2.05, 4.69) is 38.5 Å². The number of carbonyl (C=O) groups is 2. The first-order valence-electron chi connectivity index (χ1n) is 14.3. The maximum absolute atomic E-state index is 13.8. The van der Waals surface area contributed by atoms with Crippen molar-refractivity contribution < 1.29 is 23.3 Å². The molecule has 7 nitrogen and oxygen atoms in total. The summed E-state index contributed by atoms with van der Waals surface area (Å²) in [5, 5.41) is 0.217. The number of nitrogens with zero attached hydrogens (tertiary/aromatic N) is 1. The highest BCUT2D eigenvalue weighted by atomic mass is 127. The third kappa shape index (κ3) is 7.11. The predicted molar refractivity (Wildman–Crippen MR) is 177 cm³/mol. The number of esters is 2. The van der Waals surface area contributed by atoms with Crippen molar-refractivity contribution in [2.45, 2.75) is 55.0 Å². The number of methoxy groups -OCH3 is 1. The molecule has 0 saturated heterocycles. The van der Waals surface area contributed by atoms with E-state index < -0.39 is 28.1 Å². The van der Waals surface area contributed by atoms with E-state index in [9.17, 15) is 13.8 Å².